The number of hydrogen-bond donors (Lipinski definition) is 2. The molecular weight excluding hydrogens is 310 g/mol. The van der Waals surface area contributed by atoms with E-state index < -0.39 is 0 Å². The molecule has 128 valence electrons. The number of nitrogens with one attached hydrogen (secondary N) is 2. The summed E-state index contributed by atoms with van der Waals surface area (Å²) in [5.74, 6) is -0.0331. The van der Waals surface area contributed by atoms with Crippen molar-refractivity contribution in [3.05, 3.63) is 54.2 Å². The Morgan fingerprint density at radius 3 is 2.76 bits per heavy atom. The van der Waals surface area contributed by atoms with Gasteiger partial charge in [0.1, 0.15) is 0 Å². The third kappa shape index (κ3) is 3.10. The molecule has 0 bridgehead atoms. The van der Waals surface area contributed by atoms with Crippen LogP contribution in [0.5, 0.6) is 0 Å². The summed E-state index contributed by atoms with van der Waals surface area (Å²) in [6, 6.07) is 14.1. The fraction of sp³-hybridized carbons (Fsp3) is 0.333. The number of aromatic nitrogens is 1. The van der Waals surface area contributed by atoms with Crippen LogP contribution >= 0.6 is 0 Å². The number of pyridine rings is 1. The minimum atomic E-state index is -0.0331. The number of benzene rings is 2. The minimum absolute atomic E-state index is 0.0331. The first-order valence-corrected chi connectivity index (χ1v) is 8.92. The third-order valence-corrected chi connectivity index (χ3v) is 5.34. The fourth-order valence-electron chi connectivity index (χ4n) is 3.70. The van der Waals surface area contributed by atoms with Crippen molar-refractivity contribution >= 4 is 27.6 Å². The highest BCUT2D eigenvalue weighted by Crippen LogP contribution is 2.29. The Morgan fingerprint density at radius 2 is 1.92 bits per heavy atom. The molecule has 4 rings (SSSR count). The van der Waals surface area contributed by atoms with Crippen molar-refractivity contribution < 1.29 is 4.79 Å². The number of piperidine rings is 1. The van der Waals surface area contributed by atoms with Crippen LogP contribution in [0.3, 0.4) is 0 Å². The van der Waals surface area contributed by atoms with Crippen molar-refractivity contribution in [3.63, 3.8) is 0 Å². The summed E-state index contributed by atoms with van der Waals surface area (Å²) in [5.41, 5.74) is 1.60. The van der Waals surface area contributed by atoms with Crippen molar-refractivity contribution in [2.75, 3.05) is 19.6 Å². The smallest absolute Gasteiger partial charge is 0.253 e. The summed E-state index contributed by atoms with van der Waals surface area (Å²) in [5, 5.41) is 9.77. The van der Waals surface area contributed by atoms with Gasteiger partial charge in [-0.15, -0.1) is 0 Å². The van der Waals surface area contributed by atoms with Gasteiger partial charge in [-0.1, -0.05) is 37.3 Å². The second-order valence-corrected chi connectivity index (χ2v) is 7.29. The molecule has 2 N–H and O–H groups in total. The molecule has 0 saturated carbocycles. The largest absolute Gasteiger partial charge is 0.351 e. The lowest BCUT2D eigenvalue weighted by Gasteiger charge is -2.34. The van der Waals surface area contributed by atoms with E-state index in [0.717, 1.165) is 47.6 Å². The van der Waals surface area contributed by atoms with Crippen LogP contribution in [0.4, 0.5) is 0 Å². The molecule has 2 aromatic carbocycles. The monoisotopic (exact) mass is 333 g/mol. The van der Waals surface area contributed by atoms with E-state index >= 15 is 0 Å². The number of amides is 1. The van der Waals surface area contributed by atoms with Gasteiger partial charge in [0.2, 0.25) is 0 Å². The van der Waals surface area contributed by atoms with Crippen molar-refractivity contribution in [1.29, 1.82) is 0 Å². The average Bonchev–Trinajstić information content (AvgIpc) is 2.66. The van der Waals surface area contributed by atoms with Gasteiger partial charge in [0, 0.05) is 18.1 Å². The zero-order valence-corrected chi connectivity index (χ0v) is 14.5. The van der Waals surface area contributed by atoms with E-state index in [0.29, 0.717) is 12.1 Å². The highest BCUT2D eigenvalue weighted by atomic mass is 16.1. The molecule has 3 aromatic rings. The number of hydrogen-bond acceptors (Lipinski definition) is 3. The Balaban J connectivity index is 1.68. The summed E-state index contributed by atoms with van der Waals surface area (Å²) >= 11 is 0. The van der Waals surface area contributed by atoms with Crippen LogP contribution in [-0.4, -0.2) is 30.5 Å². The van der Waals surface area contributed by atoms with Crippen molar-refractivity contribution in [2.45, 2.75) is 19.8 Å². The Kier molecular flexibility index (Phi) is 4.14. The first-order valence-electron chi connectivity index (χ1n) is 8.92. The van der Waals surface area contributed by atoms with Crippen LogP contribution in [0.15, 0.2) is 48.7 Å². The van der Waals surface area contributed by atoms with Gasteiger partial charge in [-0.25, -0.2) is 0 Å². The van der Waals surface area contributed by atoms with Crippen molar-refractivity contribution in [1.82, 2.24) is 15.6 Å². The molecule has 1 saturated heterocycles. The number of nitrogens with zero attached hydrogens (tertiary/aromatic N) is 1. The lowest BCUT2D eigenvalue weighted by Crippen LogP contribution is -2.42. The standard InChI is InChI=1S/C21H23N3O/c1-21(8-11-22-12-9-21)14-24-20(25)18-13-15-5-2-3-6-16(15)17-7-4-10-23-19(17)18/h2-7,10,13,22H,8-9,11-12,14H2,1H3,(H,24,25). The molecule has 25 heavy (non-hydrogen) atoms. The van der Waals surface area contributed by atoms with Gasteiger partial charge in [-0.05, 0) is 54.3 Å². The Morgan fingerprint density at radius 1 is 1.16 bits per heavy atom. The number of carbonyl (C=O) groups excluding carboxylic acids is 1. The number of carbonyl (C=O) groups is 1. The van der Waals surface area contributed by atoms with E-state index in [2.05, 4.69) is 28.6 Å². The minimum Gasteiger partial charge on any atom is -0.351 e. The molecular formula is C21H23N3O. The van der Waals surface area contributed by atoms with Crippen LogP contribution in [-0.2, 0) is 0 Å². The highest BCUT2D eigenvalue weighted by Gasteiger charge is 2.27. The summed E-state index contributed by atoms with van der Waals surface area (Å²) in [6.45, 7) is 5.00. The molecule has 1 aliphatic rings. The molecule has 1 aliphatic heterocycles. The van der Waals surface area contributed by atoms with Gasteiger partial charge in [0.15, 0.2) is 0 Å². The predicted molar refractivity (Wildman–Crippen MR) is 102 cm³/mol. The van der Waals surface area contributed by atoms with E-state index in [1.165, 1.54) is 0 Å². The number of rotatable bonds is 3. The van der Waals surface area contributed by atoms with E-state index in [9.17, 15) is 4.79 Å². The van der Waals surface area contributed by atoms with Gasteiger partial charge < -0.3 is 10.6 Å². The lowest BCUT2D eigenvalue weighted by atomic mass is 9.81. The van der Waals surface area contributed by atoms with Gasteiger partial charge in [0.25, 0.3) is 5.91 Å². The quantitative estimate of drug-likeness (QED) is 0.721. The predicted octanol–water partition coefficient (Wildman–Crippen LogP) is 3.51. The highest BCUT2D eigenvalue weighted by molar-refractivity contribution is 6.15. The molecule has 4 nitrogen and oxygen atoms in total. The van der Waals surface area contributed by atoms with Crippen molar-refractivity contribution in [3.8, 4) is 0 Å². The Bertz CT molecular complexity index is 929. The molecule has 1 amide bonds. The van der Waals surface area contributed by atoms with E-state index in [1.807, 2.05) is 36.4 Å². The summed E-state index contributed by atoms with van der Waals surface area (Å²) in [7, 11) is 0. The lowest BCUT2D eigenvalue weighted by molar-refractivity contribution is 0.0924. The maximum Gasteiger partial charge on any atom is 0.253 e. The Labute approximate surface area is 147 Å². The fourth-order valence-corrected chi connectivity index (χ4v) is 3.70. The summed E-state index contributed by atoms with van der Waals surface area (Å²) < 4.78 is 0. The molecule has 1 aromatic heterocycles. The molecule has 0 unspecified atom stereocenters. The van der Waals surface area contributed by atoms with Gasteiger partial charge in [-0.3, -0.25) is 9.78 Å². The first kappa shape index (κ1) is 16.0. The van der Waals surface area contributed by atoms with Crippen molar-refractivity contribution in [2.24, 2.45) is 5.41 Å². The second-order valence-electron chi connectivity index (χ2n) is 7.29. The maximum absolute atomic E-state index is 12.9. The van der Waals surface area contributed by atoms with Crippen LogP contribution in [0.25, 0.3) is 21.7 Å². The Hall–Kier alpha value is -2.46. The molecule has 2 heterocycles. The van der Waals surface area contributed by atoms with Crippen LogP contribution in [0.2, 0.25) is 0 Å². The van der Waals surface area contributed by atoms with Crippen LogP contribution in [0.1, 0.15) is 30.1 Å². The molecule has 0 radical (unpaired) electrons. The molecule has 0 atom stereocenters. The summed E-state index contributed by atoms with van der Waals surface area (Å²) in [6.07, 6.45) is 3.93. The van der Waals surface area contributed by atoms with Gasteiger partial charge in [-0.2, -0.15) is 0 Å². The molecule has 0 aliphatic carbocycles. The van der Waals surface area contributed by atoms with Gasteiger partial charge >= 0.3 is 0 Å². The maximum atomic E-state index is 12.9. The molecule has 0 spiro atoms. The molecule has 4 heteroatoms. The zero-order chi connectivity index (χ0) is 17.3. The number of fused-ring (bicyclic) bond motifs is 3. The van der Waals surface area contributed by atoms with E-state index in [4.69, 9.17) is 0 Å². The van der Waals surface area contributed by atoms with E-state index in [1.54, 1.807) is 6.20 Å². The first-order chi connectivity index (χ1) is 12.2. The normalized spacial score (nSPS) is 16.8. The van der Waals surface area contributed by atoms with E-state index in [-0.39, 0.29) is 11.3 Å². The van der Waals surface area contributed by atoms with Crippen LogP contribution in [0, 0.1) is 5.41 Å². The SMILES string of the molecule is CC1(CNC(=O)c2cc3ccccc3c3cccnc23)CCNCC1. The van der Waals surface area contributed by atoms with Crippen LogP contribution < -0.4 is 10.6 Å². The summed E-state index contributed by atoms with van der Waals surface area (Å²) in [4.78, 5) is 17.4. The average molecular weight is 333 g/mol. The zero-order valence-electron chi connectivity index (χ0n) is 14.5. The second kappa shape index (κ2) is 6.45. The topological polar surface area (TPSA) is 54.0 Å². The molecule has 1 fully saturated rings. The van der Waals surface area contributed by atoms with Gasteiger partial charge in [0.05, 0.1) is 11.1 Å². The third-order valence-electron chi connectivity index (χ3n) is 5.34.